The first-order valence-corrected chi connectivity index (χ1v) is 13.5. The average Bonchev–Trinajstić information content (AvgIpc) is 3.06. The summed E-state index contributed by atoms with van der Waals surface area (Å²) in [6.07, 6.45) is 0. The van der Waals surface area contributed by atoms with Gasteiger partial charge >= 0.3 is 23.9 Å². The van der Waals surface area contributed by atoms with Gasteiger partial charge < -0.3 is 23.7 Å². The molecule has 4 rings (SSSR count). The van der Waals surface area contributed by atoms with Crippen molar-refractivity contribution < 1.29 is 42.9 Å². The van der Waals surface area contributed by atoms with Crippen LogP contribution in [0.25, 0.3) is 0 Å². The van der Waals surface area contributed by atoms with Crippen LogP contribution in [-0.4, -0.2) is 50.3 Å². The molecule has 9 heteroatoms. The van der Waals surface area contributed by atoms with Crippen molar-refractivity contribution >= 4 is 23.9 Å². The molecule has 0 fully saturated rings. The lowest BCUT2D eigenvalue weighted by Gasteiger charge is -2.11. The van der Waals surface area contributed by atoms with Crippen LogP contribution >= 0.6 is 0 Å². The van der Waals surface area contributed by atoms with Gasteiger partial charge in [-0.1, -0.05) is 84.9 Å². The standard InChI is InChI=1S/C34H30O9/c35-31(27-15-7-9-17-29(27)33(37)42-23-25-11-3-1-4-12-25)40-21-19-39-20-22-41-32(36)28-16-8-10-18-30(28)34(38)43-24-26-13-5-2-6-14-26/h1-18H,19-24H2. The van der Waals surface area contributed by atoms with Crippen molar-refractivity contribution in [3.8, 4) is 0 Å². The van der Waals surface area contributed by atoms with E-state index >= 15 is 0 Å². The van der Waals surface area contributed by atoms with Gasteiger partial charge in [0.1, 0.15) is 26.4 Å². The molecule has 0 radical (unpaired) electrons. The Morgan fingerprint density at radius 1 is 0.372 bits per heavy atom. The molecule has 0 atom stereocenters. The highest BCUT2D eigenvalue weighted by atomic mass is 16.6. The first-order chi connectivity index (χ1) is 21.0. The van der Waals surface area contributed by atoms with E-state index in [-0.39, 0.29) is 61.9 Å². The second-order valence-electron chi connectivity index (χ2n) is 9.10. The summed E-state index contributed by atoms with van der Waals surface area (Å²) in [4.78, 5) is 50.4. The first-order valence-electron chi connectivity index (χ1n) is 13.5. The maximum Gasteiger partial charge on any atom is 0.339 e. The fourth-order valence-electron chi connectivity index (χ4n) is 3.92. The highest BCUT2D eigenvalue weighted by molar-refractivity contribution is 6.03. The highest BCUT2D eigenvalue weighted by Gasteiger charge is 2.20. The number of benzene rings is 4. The Hall–Kier alpha value is -5.28. The molecule has 4 aromatic carbocycles. The number of hydrogen-bond acceptors (Lipinski definition) is 9. The minimum atomic E-state index is -0.696. The monoisotopic (exact) mass is 582 g/mol. The molecule has 220 valence electrons. The van der Waals surface area contributed by atoms with Gasteiger partial charge in [-0.15, -0.1) is 0 Å². The van der Waals surface area contributed by atoms with E-state index in [4.69, 9.17) is 23.7 Å². The molecular formula is C34H30O9. The van der Waals surface area contributed by atoms with E-state index in [1.807, 2.05) is 60.7 Å². The number of ether oxygens (including phenoxy) is 5. The van der Waals surface area contributed by atoms with Crippen LogP contribution in [0.3, 0.4) is 0 Å². The lowest BCUT2D eigenvalue weighted by molar-refractivity contribution is 0.0144. The molecule has 0 spiro atoms. The predicted octanol–water partition coefficient (Wildman–Crippen LogP) is 5.43. The summed E-state index contributed by atoms with van der Waals surface area (Å²) in [6, 6.07) is 30.9. The van der Waals surface area contributed by atoms with Crippen molar-refractivity contribution in [3.63, 3.8) is 0 Å². The minimum Gasteiger partial charge on any atom is -0.460 e. The molecule has 4 aromatic rings. The van der Waals surface area contributed by atoms with Gasteiger partial charge in [0.15, 0.2) is 0 Å². The third-order valence-electron chi connectivity index (χ3n) is 6.08. The summed E-state index contributed by atoms with van der Waals surface area (Å²) < 4.78 is 26.6. The van der Waals surface area contributed by atoms with Crippen molar-refractivity contribution in [1.29, 1.82) is 0 Å². The van der Waals surface area contributed by atoms with E-state index in [0.717, 1.165) is 11.1 Å². The van der Waals surface area contributed by atoms with Crippen molar-refractivity contribution in [2.75, 3.05) is 26.4 Å². The fraction of sp³-hybridized carbons (Fsp3) is 0.176. The number of carbonyl (C=O) groups excluding carboxylic acids is 4. The number of carbonyl (C=O) groups is 4. The molecule has 0 saturated carbocycles. The zero-order valence-electron chi connectivity index (χ0n) is 23.3. The van der Waals surface area contributed by atoms with Crippen LogP contribution in [0.1, 0.15) is 52.6 Å². The summed E-state index contributed by atoms with van der Waals surface area (Å²) in [5.41, 5.74) is 2.00. The second kappa shape index (κ2) is 16.2. The Labute approximate surface area is 248 Å². The third-order valence-corrected chi connectivity index (χ3v) is 6.08. The SMILES string of the molecule is O=C(OCCOCCOC(=O)c1ccccc1C(=O)OCc1ccccc1)c1ccccc1C(=O)OCc1ccccc1. The van der Waals surface area contributed by atoms with Crippen LogP contribution in [0.5, 0.6) is 0 Å². The van der Waals surface area contributed by atoms with E-state index in [9.17, 15) is 19.2 Å². The molecule has 0 heterocycles. The normalized spacial score (nSPS) is 10.4. The molecule has 0 aliphatic carbocycles. The van der Waals surface area contributed by atoms with Gasteiger partial charge in [0, 0.05) is 0 Å². The number of hydrogen-bond donors (Lipinski definition) is 0. The largest absolute Gasteiger partial charge is 0.460 e. The maximum atomic E-state index is 12.6. The molecule has 0 amide bonds. The summed E-state index contributed by atoms with van der Waals surface area (Å²) in [6.45, 7) is 0.0436. The molecule has 0 aliphatic rings. The molecule has 0 unspecified atom stereocenters. The van der Waals surface area contributed by atoms with Gasteiger partial charge in [0.05, 0.1) is 35.5 Å². The van der Waals surface area contributed by atoms with Gasteiger partial charge in [-0.3, -0.25) is 0 Å². The quantitative estimate of drug-likeness (QED) is 0.109. The van der Waals surface area contributed by atoms with Gasteiger partial charge in [-0.25, -0.2) is 19.2 Å². The van der Waals surface area contributed by atoms with Crippen LogP contribution in [0, 0.1) is 0 Å². The predicted molar refractivity (Wildman–Crippen MR) is 155 cm³/mol. The summed E-state index contributed by atoms with van der Waals surface area (Å²) in [5, 5.41) is 0. The lowest BCUT2D eigenvalue weighted by atomic mass is 10.1. The summed E-state index contributed by atoms with van der Waals surface area (Å²) >= 11 is 0. The van der Waals surface area contributed by atoms with Crippen LogP contribution in [0.4, 0.5) is 0 Å². The topological polar surface area (TPSA) is 114 Å². The Balaban J connectivity index is 1.17. The van der Waals surface area contributed by atoms with Gasteiger partial charge in [-0.2, -0.15) is 0 Å². The Morgan fingerprint density at radius 3 is 1.02 bits per heavy atom. The smallest absolute Gasteiger partial charge is 0.339 e. The molecule has 0 aliphatic heterocycles. The minimum absolute atomic E-state index is 0.0340. The molecule has 0 N–H and O–H groups in total. The first kappa shape index (κ1) is 30.7. The molecule has 0 bridgehead atoms. The van der Waals surface area contributed by atoms with Gasteiger partial charge in [0.25, 0.3) is 0 Å². The lowest BCUT2D eigenvalue weighted by Crippen LogP contribution is -2.18. The van der Waals surface area contributed by atoms with Crippen LogP contribution in [0.2, 0.25) is 0 Å². The van der Waals surface area contributed by atoms with Gasteiger partial charge in [-0.05, 0) is 35.4 Å². The molecular weight excluding hydrogens is 552 g/mol. The summed E-state index contributed by atoms with van der Waals surface area (Å²) in [5.74, 6) is -2.67. The van der Waals surface area contributed by atoms with Crippen molar-refractivity contribution in [2.24, 2.45) is 0 Å². The molecule has 9 nitrogen and oxygen atoms in total. The van der Waals surface area contributed by atoms with Crippen molar-refractivity contribution in [2.45, 2.75) is 13.2 Å². The van der Waals surface area contributed by atoms with Crippen molar-refractivity contribution in [3.05, 3.63) is 143 Å². The van der Waals surface area contributed by atoms with Crippen LogP contribution in [0.15, 0.2) is 109 Å². The van der Waals surface area contributed by atoms with E-state index < -0.39 is 23.9 Å². The van der Waals surface area contributed by atoms with E-state index in [0.29, 0.717) is 0 Å². The van der Waals surface area contributed by atoms with E-state index in [2.05, 4.69) is 0 Å². The Kier molecular flexibility index (Phi) is 11.6. The van der Waals surface area contributed by atoms with Crippen LogP contribution < -0.4 is 0 Å². The molecule has 0 saturated heterocycles. The fourth-order valence-corrected chi connectivity index (χ4v) is 3.92. The third kappa shape index (κ3) is 9.37. The van der Waals surface area contributed by atoms with Crippen molar-refractivity contribution in [1.82, 2.24) is 0 Å². The average molecular weight is 583 g/mol. The Bertz CT molecular complexity index is 1400. The maximum absolute atomic E-state index is 12.6. The molecule has 0 aromatic heterocycles. The molecule has 43 heavy (non-hydrogen) atoms. The second-order valence-corrected chi connectivity index (χ2v) is 9.10. The number of esters is 4. The van der Waals surface area contributed by atoms with Crippen LogP contribution in [-0.2, 0) is 36.9 Å². The summed E-state index contributed by atoms with van der Waals surface area (Å²) in [7, 11) is 0. The highest BCUT2D eigenvalue weighted by Crippen LogP contribution is 2.15. The number of rotatable bonds is 14. The van der Waals surface area contributed by atoms with Gasteiger partial charge in [0.2, 0.25) is 0 Å². The Morgan fingerprint density at radius 2 is 0.674 bits per heavy atom. The van der Waals surface area contributed by atoms with E-state index in [1.54, 1.807) is 24.3 Å². The zero-order valence-corrected chi connectivity index (χ0v) is 23.3. The van der Waals surface area contributed by atoms with E-state index in [1.165, 1.54) is 24.3 Å². The zero-order chi connectivity index (χ0) is 30.3.